The van der Waals surface area contributed by atoms with Crippen molar-refractivity contribution in [3.63, 3.8) is 0 Å². The highest BCUT2D eigenvalue weighted by Gasteiger charge is 2.36. The molecule has 1 atom stereocenters. The molecule has 0 saturated carbocycles. The Balaban J connectivity index is 2.07. The molecule has 0 radical (unpaired) electrons. The van der Waals surface area contributed by atoms with Gasteiger partial charge < -0.3 is 10.2 Å². The topological polar surface area (TPSA) is 86.8 Å². The lowest BCUT2D eigenvalue weighted by Gasteiger charge is -2.33. The lowest BCUT2D eigenvalue weighted by atomic mass is 10.0. The molecule has 0 heterocycles. The van der Waals surface area contributed by atoms with Gasteiger partial charge in [0.1, 0.15) is 12.6 Å². The van der Waals surface area contributed by atoms with Gasteiger partial charge in [-0.05, 0) is 35.2 Å². The first-order valence-electron chi connectivity index (χ1n) is 13.2. The van der Waals surface area contributed by atoms with E-state index in [2.05, 4.69) is 5.32 Å². The Morgan fingerprint density at radius 1 is 0.929 bits per heavy atom. The molecular formula is C30H33ClF3N3O4S. The largest absolute Gasteiger partial charge is 0.417 e. The summed E-state index contributed by atoms with van der Waals surface area (Å²) in [5.41, 5.74) is -0.178. The predicted molar refractivity (Wildman–Crippen MR) is 157 cm³/mol. The molecule has 0 saturated heterocycles. The number of hydrogen-bond acceptors (Lipinski definition) is 4. The third-order valence-electron chi connectivity index (χ3n) is 6.37. The smallest absolute Gasteiger partial charge is 0.354 e. The van der Waals surface area contributed by atoms with Crippen LogP contribution in [0.2, 0.25) is 5.02 Å². The highest BCUT2D eigenvalue weighted by molar-refractivity contribution is 7.92. The average molecular weight is 624 g/mol. The number of carbonyl (C=O) groups excluding carboxylic acids is 2. The van der Waals surface area contributed by atoms with Gasteiger partial charge in [-0.15, -0.1) is 0 Å². The maximum atomic E-state index is 14.0. The van der Waals surface area contributed by atoms with Crippen LogP contribution in [0.15, 0.2) is 78.9 Å². The minimum absolute atomic E-state index is 0.0434. The van der Waals surface area contributed by atoms with E-state index in [0.29, 0.717) is 22.5 Å². The molecule has 3 rings (SSSR count). The molecule has 12 heteroatoms. The van der Waals surface area contributed by atoms with Crippen LogP contribution in [0.1, 0.15) is 30.5 Å². The number of hydrogen-bond donors (Lipinski definition) is 1. The second-order valence-electron chi connectivity index (χ2n) is 10.3. The Morgan fingerprint density at radius 2 is 1.50 bits per heavy atom. The molecule has 42 heavy (non-hydrogen) atoms. The van der Waals surface area contributed by atoms with Crippen LogP contribution in [0.25, 0.3) is 0 Å². The zero-order valence-electron chi connectivity index (χ0n) is 23.4. The molecule has 1 N–H and O–H groups in total. The molecule has 226 valence electrons. The number of sulfonamides is 1. The van der Waals surface area contributed by atoms with E-state index in [1.54, 1.807) is 42.5 Å². The van der Waals surface area contributed by atoms with E-state index in [1.807, 2.05) is 32.0 Å². The molecule has 7 nitrogen and oxygen atoms in total. The number of halogens is 4. The summed E-state index contributed by atoms with van der Waals surface area (Å²) in [5.74, 6) is -1.08. The van der Waals surface area contributed by atoms with Gasteiger partial charge in [-0.3, -0.25) is 13.9 Å². The van der Waals surface area contributed by atoms with Gasteiger partial charge in [0.25, 0.3) is 0 Å². The van der Waals surface area contributed by atoms with Crippen molar-refractivity contribution >= 4 is 39.1 Å². The normalized spacial score (nSPS) is 12.6. The summed E-state index contributed by atoms with van der Waals surface area (Å²) < 4.78 is 67.0. The fourth-order valence-corrected chi connectivity index (χ4v) is 5.32. The van der Waals surface area contributed by atoms with Crippen LogP contribution in [0.5, 0.6) is 0 Å². The summed E-state index contributed by atoms with van der Waals surface area (Å²) in [7, 11) is -4.25. The standard InChI is InChI=1S/C30H33ClF3N3O4S/c1-21(2)18-35-29(39)27(16-22-10-6-4-7-11-22)36(19-23-12-8-5-9-13-23)28(38)20-37(42(3,40)41)24-14-15-26(31)25(17-24)30(32,33)34/h4-15,17,21,27H,16,18-20H2,1-3H3,(H,35,39)/t27-/m1/s1. The van der Waals surface area contributed by atoms with Crippen molar-refractivity contribution in [1.82, 2.24) is 10.2 Å². The van der Waals surface area contributed by atoms with Crippen molar-refractivity contribution in [3.8, 4) is 0 Å². The van der Waals surface area contributed by atoms with Crippen LogP contribution in [0.3, 0.4) is 0 Å². The SMILES string of the molecule is CC(C)CNC(=O)[C@@H](Cc1ccccc1)N(Cc1ccccc1)C(=O)CN(c1ccc(Cl)c(C(F)(F)F)c1)S(C)(=O)=O. The highest BCUT2D eigenvalue weighted by Crippen LogP contribution is 2.37. The van der Waals surface area contributed by atoms with Crippen LogP contribution in [0.4, 0.5) is 18.9 Å². The second-order valence-corrected chi connectivity index (χ2v) is 12.6. The summed E-state index contributed by atoms with van der Waals surface area (Å²) in [6.45, 7) is 3.30. The van der Waals surface area contributed by atoms with Crippen molar-refractivity contribution in [3.05, 3.63) is 101 Å². The number of benzene rings is 3. The van der Waals surface area contributed by atoms with Gasteiger partial charge >= 0.3 is 6.18 Å². The van der Waals surface area contributed by atoms with Gasteiger partial charge in [-0.1, -0.05) is 86.1 Å². The predicted octanol–water partition coefficient (Wildman–Crippen LogP) is 5.54. The quantitative estimate of drug-likeness (QED) is 0.287. The fourth-order valence-electron chi connectivity index (χ4n) is 4.26. The molecule has 3 aromatic rings. The third-order valence-corrected chi connectivity index (χ3v) is 7.84. The number of anilines is 1. The maximum absolute atomic E-state index is 14.0. The first-order valence-corrected chi connectivity index (χ1v) is 15.4. The van der Waals surface area contributed by atoms with Crippen molar-refractivity contribution < 1.29 is 31.2 Å². The van der Waals surface area contributed by atoms with Crippen LogP contribution >= 0.6 is 11.6 Å². The van der Waals surface area contributed by atoms with Crippen LogP contribution in [0, 0.1) is 5.92 Å². The Kier molecular flexibility index (Phi) is 11.0. The maximum Gasteiger partial charge on any atom is 0.417 e. The van der Waals surface area contributed by atoms with E-state index in [-0.39, 0.29) is 24.6 Å². The third kappa shape index (κ3) is 9.22. The molecule has 0 aliphatic carbocycles. The number of carbonyl (C=O) groups is 2. The molecule has 0 aliphatic rings. The zero-order valence-corrected chi connectivity index (χ0v) is 25.0. The lowest BCUT2D eigenvalue weighted by molar-refractivity contribution is -0.140. The van der Waals surface area contributed by atoms with E-state index >= 15 is 0 Å². The number of alkyl halides is 3. The monoisotopic (exact) mass is 623 g/mol. The number of rotatable bonds is 12. The van der Waals surface area contributed by atoms with E-state index in [9.17, 15) is 31.2 Å². The molecular weight excluding hydrogens is 591 g/mol. The molecule has 0 aromatic heterocycles. The molecule has 0 unspecified atom stereocenters. The molecule has 0 fully saturated rings. The molecule has 0 spiro atoms. The fraction of sp³-hybridized carbons (Fsp3) is 0.333. The van der Waals surface area contributed by atoms with Crippen LogP contribution < -0.4 is 9.62 Å². The summed E-state index contributed by atoms with van der Waals surface area (Å²) in [4.78, 5) is 28.8. The van der Waals surface area contributed by atoms with Gasteiger partial charge in [0.15, 0.2) is 0 Å². The Bertz CT molecular complexity index is 1470. The van der Waals surface area contributed by atoms with E-state index < -0.39 is 51.2 Å². The first-order chi connectivity index (χ1) is 19.7. The summed E-state index contributed by atoms with van der Waals surface area (Å²) >= 11 is 5.74. The lowest BCUT2D eigenvalue weighted by Crippen LogP contribution is -2.53. The van der Waals surface area contributed by atoms with Crippen molar-refractivity contribution in [2.75, 3.05) is 23.7 Å². The van der Waals surface area contributed by atoms with Gasteiger partial charge in [-0.25, -0.2) is 8.42 Å². The van der Waals surface area contributed by atoms with E-state index in [0.717, 1.165) is 24.0 Å². The minimum Gasteiger partial charge on any atom is -0.354 e. The second kappa shape index (κ2) is 14.1. The van der Waals surface area contributed by atoms with Crippen LogP contribution in [-0.4, -0.2) is 50.5 Å². The van der Waals surface area contributed by atoms with Crippen molar-refractivity contribution in [2.45, 2.75) is 39.0 Å². The van der Waals surface area contributed by atoms with Gasteiger partial charge in [-0.2, -0.15) is 13.2 Å². The summed E-state index contributed by atoms with van der Waals surface area (Å²) in [6, 6.07) is 19.4. The van der Waals surface area contributed by atoms with E-state index in [4.69, 9.17) is 11.6 Å². The number of amides is 2. The summed E-state index contributed by atoms with van der Waals surface area (Å²) in [5, 5.41) is 2.26. The number of nitrogens with zero attached hydrogens (tertiary/aromatic N) is 2. The molecule has 0 bridgehead atoms. The molecule has 2 amide bonds. The highest BCUT2D eigenvalue weighted by atomic mass is 35.5. The van der Waals surface area contributed by atoms with Crippen molar-refractivity contribution in [2.24, 2.45) is 5.92 Å². The molecule has 3 aromatic carbocycles. The van der Waals surface area contributed by atoms with Gasteiger partial charge in [0.2, 0.25) is 21.8 Å². The zero-order chi connectivity index (χ0) is 31.1. The minimum atomic E-state index is -4.85. The van der Waals surface area contributed by atoms with Crippen LogP contribution in [-0.2, 0) is 38.8 Å². The Morgan fingerprint density at radius 3 is 2.02 bits per heavy atom. The average Bonchev–Trinajstić information content (AvgIpc) is 2.92. The van der Waals surface area contributed by atoms with Crippen molar-refractivity contribution in [1.29, 1.82) is 0 Å². The van der Waals surface area contributed by atoms with Gasteiger partial charge in [0, 0.05) is 19.5 Å². The molecule has 0 aliphatic heterocycles. The first kappa shape index (κ1) is 32.9. The Hall–Kier alpha value is -3.57. The Labute approximate surface area is 249 Å². The number of nitrogens with one attached hydrogen (secondary N) is 1. The summed E-state index contributed by atoms with van der Waals surface area (Å²) in [6.07, 6.45) is -3.93. The van der Waals surface area contributed by atoms with Gasteiger partial charge in [0.05, 0.1) is 22.5 Å². The van der Waals surface area contributed by atoms with E-state index in [1.165, 1.54) is 4.90 Å².